The highest BCUT2D eigenvalue weighted by Gasteiger charge is 2.17. The molecule has 3 aromatic rings. The molecule has 0 bridgehead atoms. The first-order chi connectivity index (χ1) is 12.0. The van der Waals surface area contributed by atoms with E-state index in [0.29, 0.717) is 16.3 Å². The molecular formula is C18H12ClF2N3O. The fraction of sp³-hybridized carbons (Fsp3) is 0.0556. The Morgan fingerprint density at radius 1 is 1.08 bits per heavy atom. The molecule has 0 fully saturated rings. The van der Waals surface area contributed by atoms with E-state index in [-0.39, 0.29) is 5.82 Å². The number of anilines is 1. The summed E-state index contributed by atoms with van der Waals surface area (Å²) in [5, 5.41) is 2.84. The molecule has 0 saturated heterocycles. The number of halogens is 3. The zero-order valence-electron chi connectivity index (χ0n) is 13.1. The summed E-state index contributed by atoms with van der Waals surface area (Å²) >= 11 is 6.15. The molecule has 0 aliphatic heterocycles. The van der Waals surface area contributed by atoms with E-state index in [9.17, 15) is 13.6 Å². The van der Waals surface area contributed by atoms with Gasteiger partial charge in [0.15, 0.2) is 5.82 Å². The molecule has 0 aliphatic carbocycles. The second kappa shape index (κ2) is 6.94. The van der Waals surface area contributed by atoms with Gasteiger partial charge in [-0.15, -0.1) is 0 Å². The van der Waals surface area contributed by atoms with Crippen molar-refractivity contribution in [3.8, 4) is 11.3 Å². The second-order valence-electron chi connectivity index (χ2n) is 5.32. The van der Waals surface area contributed by atoms with E-state index < -0.39 is 23.1 Å². The number of hydrogen-bond donors (Lipinski definition) is 1. The van der Waals surface area contributed by atoms with E-state index in [1.807, 2.05) is 19.1 Å². The zero-order valence-corrected chi connectivity index (χ0v) is 13.8. The summed E-state index contributed by atoms with van der Waals surface area (Å²) < 4.78 is 27.2. The second-order valence-corrected chi connectivity index (χ2v) is 5.73. The van der Waals surface area contributed by atoms with Gasteiger partial charge >= 0.3 is 0 Å². The summed E-state index contributed by atoms with van der Waals surface area (Å²) in [5.41, 5.74) is 1.56. The number of rotatable bonds is 3. The average Bonchev–Trinajstić information content (AvgIpc) is 2.58. The minimum Gasteiger partial charge on any atom is -0.305 e. The van der Waals surface area contributed by atoms with Gasteiger partial charge < -0.3 is 5.32 Å². The number of hydrogen-bond acceptors (Lipinski definition) is 3. The normalized spacial score (nSPS) is 10.6. The van der Waals surface area contributed by atoms with Crippen LogP contribution in [-0.4, -0.2) is 15.9 Å². The van der Waals surface area contributed by atoms with Crippen LogP contribution < -0.4 is 5.32 Å². The number of nitrogens with one attached hydrogen (secondary N) is 1. The molecule has 4 nitrogen and oxygen atoms in total. The van der Waals surface area contributed by atoms with Gasteiger partial charge in [0.25, 0.3) is 5.91 Å². The van der Waals surface area contributed by atoms with E-state index in [4.69, 9.17) is 11.6 Å². The van der Waals surface area contributed by atoms with Gasteiger partial charge in [-0.1, -0.05) is 29.3 Å². The number of aromatic nitrogens is 2. The van der Waals surface area contributed by atoms with Crippen molar-refractivity contribution in [1.82, 2.24) is 9.97 Å². The lowest BCUT2D eigenvalue weighted by Gasteiger charge is -2.08. The Hall–Kier alpha value is -2.86. The Kier molecular flexibility index (Phi) is 4.72. The minimum atomic E-state index is -0.950. The molecule has 0 unspecified atom stereocenters. The molecule has 1 N–H and O–H groups in total. The third kappa shape index (κ3) is 3.64. The highest BCUT2D eigenvalue weighted by Crippen LogP contribution is 2.27. The average molecular weight is 360 g/mol. The quantitative estimate of drug-likeness (QED) is 0.741. The molecule has 126 valence electrons. The Morgan fingerprint density at radius 2 is 1.80 bits per heavy atom. The van der Waals surface area contributed by atoms with Gasteiger partial charge in [0.1, 0.15) is 17.2 Å². The fourth-order valence-electron chi connectivity index (χ4n) is 2.26. The summed E-state index contributed by atoms with van der Waals surface area (Å²) in [6.45, 7) is 1.92. The van der Waals surface area contributed by atoms with Crippen LogP contribution in [0, 0.1) is 18.6 Å². The van der Waals surface area contributed by atoms with Gasteiger partial charge in [-0.2, -0.15) is 0 Å². The van der Waals surface area contributed by atoms with Crippen molar-refractivity contribution in [2.24, 2.45) is 0 Å². The highest BCUT2D eigenvalue weighted by atomic mass is 35.5. The first kappa shape index (κ1) is 17.0. The SMILES string of the molecule is Cc1ccc(Cl)c(-c2cnc(NC(=O)c3c(F)cccc3F)cn2)c1. The Labute approximate surface area is 147 Å². The molecule has 0 spiro atoms. The van der Waals surface area contributed by atoms with Crippen LogP contribution >= 0.6 is 11.6 Å². The predicted octanol–water partition coefficient (Wildman–Crippen LogP) is 4.64. The highest BCUT2D eigenvalue weighted by molar-refractivity contribution is 6.33. The number of nitrogens with zero attached hydrogens (tertiary/aromatic N) is 2. The molecule has 1 heterocycles. The van der Waals surface area contributed by atoms with E-state index in [1.165, 1.54) is 18.5 Å². The Morgan fingerprint density at radius 3 is 2.44 bits per heavy atom. The van der Waals surface area contributed by atoms with E-state index >= 15 is 0 Å². The molecule has 3 rings (SSSR count). The third-order valence-corrected chi connectivity index (χ3v) is 3.81. The van der Waals surface area contributed by atoms with Gasteiger partial charge in [-0.3, -0.25) is 9.78 Å². The molecule has 0 atom stereocenters. The van der Waals surface area contributed by atoms with Crippen molar-refractivity contribution >= 4 is 23.3 Å². The molecular weight excluding hydrogens is 348 g/mol. The standard InChI is InChI=1S/C18H12ClF2N3O/c1-10-5-6-12(19)11(7-10)15-8-23-16(9-22-15)24-18(25)17-13(20)3-2-4-14(17)21/h2-9H,1H3,(H,23,24,25). The number of carbonyl (C=O) groups excluding carboxylic acids is 1. The Balaban J connectivity index is 1.84. The van der Waals surface area contributed by atoms with Crippen molar-refractivity contribution in [2.75, 3.05) is 5.32 Å². The van der Waals surface area contributed by atoms with Gasteiger partial charge in [0, 0.05) is 5.56 Å². The summed E-state index contributed by atoms with van der Waals surface area (Å²) in [7, 11) is 0. The monoisotopic (exact) mass is 359 g/mol. The van der Waals surface area contributed by atoms with E-state index in [1.54, 1.807) is 6.07 Å². The van der Waals surface area contributed by atoms with Crippen molar-refractivity contribution < 1.29 is 13.6 Å². The van der Waals surface area contributed by atoms with Crippen molar-refractivity contribution in [3.05, 3.63) is 76.6 Å². The number of aryl methyl sites for hydroxylation is 1. The van der Waals surface area contributed by atoms with Crippen LogP contribution in [0.5, 0.6) is 0 Å². The fourth-order valence-corrected chi connectivity index (χ4v) is 2.47. The van der Waals surface area contributed by atoms with Crippen LogP contribution in [0.4, 0.5) is 14.6 Å². The zero-order chi connectivity index (χ0) is 18.0. The molecule has 0 aliphatic rings. The lowest BCUT2D eigenvalue weighted by Crippen LogP contribution is -2.16. The maximum absolute atomic E-state index is 13.6. The molecule has 1 aromatic heterocycles. The van der Waals surface area contributed by atoms with E-state index in [2.05, 4.69) is 15.3 Å². The van der Waals surface area contributed by atoms with E-state index in [0.717, 1.165) is 17.7 Å². The maximum atomic E-state index is 13.6. The van der Waals surface area contributed by atoms with Gasteiger partial charge in [-0.05, 0) is 31.2 Å². The molecule has 2 aromatic carbocycles. The molecule has 0 radical (unpaired) electrons. The van der Waals surface area contributed by atoms with Gasteiger partial charge in [0.05, 0.1) is 23.1 Å². The lowest BCUT2D eigenvalue weighted by atomic mass is 10.1. The summed E-state index contributed by atoms with van der Waals surface area (Å²) in [6, 6.07) is 8.68. The summed E-state index contributed by atoms with van der Waals surface area (Å²) in [6.07, 6.45) is 2.72. The number of amides is 1. The first-order valence-corrected chi connectivity index (χ1v) is 7.67. The van der Waals surface area contributed by atoms with Crippen molar-refractivity contribution in [3.63, 3.8) is 0 Å². The minimum absolute atomic E-state index is 0.0696. The molecule has 7 heteroatoms. The molecule has 0 saturated carbocycles. The van der Waals surface area contributed by atoms with Crippen LogP contribution in [0.15, 0.2) is 48.8 Å². The summed E-state index contributed by atoms with van der Waals surface area (Å²) in [5.74, 6) is -2.77. The molecule has 1 amide bonds. The van der Waals surface area contributed by atoms with Crippen molar-refractivity contribution in [2.45, 2.75) is 6.92 Å². The largest absolute Gasteiger partial charge is 0.305 e. The van der Waals surface area contributed by atoms with Crippen molar-refractivity contribution in [1.29, 1.82) is 0 Å². The van der Waals surface area contributed by atoms with Gasteiger partial charge in [-0.25, -0.2) is 13.8 Å². The smallest absolute Gasteiger partial charge is 0.262 e. The van der Waals surface area contributed by atoms with Crippen LogP contribution in [0.2, 0.25) is 5.02 Å². The summed E-state index contributed by atoms with van der Waals surface area (Å²) in [4.78, 5) is 20.3. The molecule has 25 heavy (non-hydrogen) atoms. The van der Waals surface area contributed by atoms with Crippen LogP contribution in [-0.2, 0) is 0 Å². The maximum Gasteiger partial charge on any atom is 0.262 e. The third-order valence-electron chi connectivity index (χ3n) is 3.48. The Bertz CT molecular complexity index is 925. The topological polar surface area (TPSA) is 54.9 Å². The number of benzene rings is 2. The lowest BCUT2D eigenvalue weighted by molar-refractivity contribution is 0.101. The predicted molar refractivity (Wildman–Crippen MR) is 91.5 cm³/mol. The van der Waals surface area contributed by atoms with Crippen LogP contribution in [0.3, 0.4) is 0 Å². The van der Waals surface area contributed by atoms with Crippen LogP contribution in [0.25, 0.3) is 11.3 Å². The van der Waals surface area contributed by atoms with Crippen LogP contribution in [0.1, 0.15) is 15.9 Å². The van der Waals surface area contributed by atoms with Gasteiger partial charge in [0.2, 0.25) is 0 Å². The number of carbonyl (C=O) groups is 1. The first-order valence-electron chi connectivity index (χ1n) is 7.29.